The van der Waals surface area contributed by atoms with Crippen LogP contribution >= 0.6 is 11.8 Å². The van der Waals surface area contributed by atoms with Gasteiger partial charge in [-0.1, -0.05) is 39.5 Å². The van der Waals surface area contributed by atoms with Gasteiger partial charge < -0.3 is 30.7 Å². The van der Waals surface area contributed by atoms with Crippen molar-refractivity contribution < 1.29 is 24.9 Å². The van der Waals surface area contributed by atoms with Gasteiger partial charge in [0.2, 0.25) is 5.91 Å². The smallest absolute Gasteiger partial charge is 0.237 e. The molecule has 7 nitrogen and oxygen atoms in total. The molecule has 1 saturated carbocycles. The quantitative estimate of drug-likeness (QED) is 0.391. The van der Waals surface area contributed by atoms with E-state index in [1.165, 1.54) is 37.4 Å². The van der Waals surface area contributed by atoms with E-state index in [2.05, 4.69) is 10.6 Å². The van der Waals surface area contributed by atoms with Crippen molar-refractivity contribution in [3.63, 3.8) is 0 Å². The van der Waals surface area contributed by atoms with Gasteiger partial charge in [-0.05, 0) is 30.4 Å². The number of aliphatic hydroxyl groups is 3. The zero-order chi connectivity index (χ0) is 20.4. The van der Waals surface area contributed by atoms with Gasteiger partial charge in [-0.2, -0.15) is 0 Å². The van der Waals surface area contributed by atoms with Crippen molar-refractivity contribution >= 4 is 17.7 Å². The van der Waals surface area contributed by atoms with Crippen LogP contribution in [0.15, 0.2) is 0 Å². The highest BCUT2D eigenvalue weighted by Gasteiger charge is 2.48. The molecule has 28 heavy (non-hydrogen) atoms. The Labute approximate surface area is 172 Å². The molecule has 2 aliphatic heterocycles. The molecule has 1 aliphatic carbocycles. The maximum absolute atomic E-state index is 12.9. The molecule has 3 unspecified atom stereocenters. The predicted octanol–water partition coefficient (Wildman–Crippen LogP) is 0.466. The van der Waals surface area contributed by atoms with Crippen LogP contribution in [0, 0.1) is 17.8 Å². The van der Waals surface area contributed by atoms with E-state index in [0.29, 0.717) is 5.92 Å². The molecule has 0 aromatic rings. The van der Waals surface area contributed by atoms with Crippen molar-refractivity contribution in [2.45, 2.75) is 87.9 Å². The Balaban J connectivity index is 1.59. The number of nitrogens with one attached hydrogen (secondary N) is 2. The Morgan fingerprint density at radius 1 is 1.18 bits per heavy atom. The fraction of sp³-hybridized carbons (Fsp3) is 0.950. The van der Waals surface area contributed by atoms with Gasteiger partial charge in [0.1, 0.15) is 29.9 Å². The molecule has 3 fully saturated rings. The van der Waals surface area contributed by atoms with Gasteiger partial charge in [-0.15, -0.1) is 11.8 Å². The van der Waals surface area contributed by atoms with Gasteiger partial charge in [0, 0.05) is 6.54 Å². The van der Waals surface area contributed by atoms with Gasteiger partial charge in [0.25, 0.3) is 0 Å². The lowest BCUT2D eigenvalue weighted by molar-refractivity contribution is -0.208. The summed E-state index contributed by atoms with van der Waals surface area (Å²) in [6.07, 6.45) is 3.57. The van der Waals surface area contributed by atoms with Crippen molar-refractivity contribution in [3.8, 4) is 0 Å². The first kappa shape index (κ1) is 22.3. The largest absolute Gasteiger partial charge is 0.388 e. The number of carbonyl (C=O) groups excluding carboxylic acids is 1. The van der Waals surface area contributed by atoms with Gasteiger partial charge >= 0.3 is 0 Å². The minimum atomic E-state index is -1.30. The molecule has 3 rings (SSSR count). The third kappa shape index (κ3) is 4.68. The average Bonchev–Trinajstić information content (AvgIpc) is 2.59. The third-order valence-corrected chi connectivity index (χ3v) is 7.60. The van der Waals surface area contributed by atoms with Crippen LogP contribution in [0.4, 0.5) is 0 Å². The number of rotatable bonds is 8. The van der Waals surface area contributed by atoms with Crippen molar-refractivity contribution in [1.29, 1.82) is 0 Å². The van der Waals surface area contributed by atoms with Crippen molar-refractivity contribution in [1.82, 2.24) is 10.6 Å². The normalized spacial score (nSPS) is 39.9. The van der Waals surface area contributed by atoms with Gasteiger partial charge in [0.15, 0.2) is 0 Å². The van der Waals surface area contributed by atoms with Crippen LogP contribution in [0.1, 0.15) is 46.0 Å². The molecule has 8 atom stereocenters. The predicted molar refractivity (Wildman–Crippen MR) is 109 cm³/mol. The standard InChI is InChI=1S/C20H36N2O5S/c1-10(2)13(18-16(24)15(23)17(25)20(27-18)28-3)22-19(26)14-12(9-21-14)8-7-11-5-4-6-11/h10-18,20-21,23-25H,4-9H2,1-3H3,(H,22,26)/t12-,13+,14?,15?,16+,17+,18?,20+/m0/s1. The second-order valence-electron chi connectivity index (χ2n) is 8.98. The van der Waals surface area contributed by atoms with E-state index >= 15 is 0 Å². The van der Waals surface area contributed by atoms with E-state index in [9.17, 15) is 20.1 Å². The molecule has 0 radical (unpaired) electrons. The molecule has 5 N–H and O–H groups in total. The van der Waals surface area contributed by atoms with E-state index in [4.69, 9.17) is 4.74 Å². The fourth-order valence-corrected chi connectivity index (χ4v) is 5.14. The molecule has 162 valence electrons. The molecule has 2 heterocycles. The fourth-order valence-electron chi connectivity index (χ4n) is 4.46. The highest BCUT2D eigenvalue weighted by molar-refractivity contribution is 7.99. The lowest BCUT2D eigenvalue weighted by atomic mass is 9.77. The summed E-state index contributed by atoms with van der Waals surface area (Å²) in [5.74, 6) is 1.13. The van der Waals surface area contributed by atoms with Crippen LogP contribution in [0.3, 0.4) is 0 Å². The first-order chi connectivity index (χ1) is 13.3. The number of hydrogen-bond donors (Lipinski definition) is 5. The Morgan fingerprint density at radius 2 is 1.89 bits per heavy atom. The first-order valence-electron chi connectivity index (χ1n) is 10.6. The van der Waals surface area contributed by atoms with Crippen LogP contribution in [0.2, 0.25) is 0 Å². The highest BCUT2D eigenvalue weighted by Crippen LogP contribution is 2.34. The summed E-state index contributed by atoms with van der Waals surface area (Å²) >= 11 is 1.28. The second-order valence-corrected chi connectivity index (χ2v) is 9.91. The Morgan fingerprint density at radius 3 is 2.39 bits per heavy atom. The highest BCUT2D eigenvalue weighted by atomic mass is 32.2. The van der Waals surface area contributed by atoms with Crippen molar-refractivity contribution in [3.05, 3.63) is 0 Å². The maximum atomic E-state index is 12.9. The van der Waals surface area contributed by atoms with Crippen molar-refractivity contribution in [2.75, 3.05) is 12.8 Å². The average molecular weight is 417 g/mol. The van der Waals surface area contributed by atoms with Crippen LogP contribution in [-0.2, 0) is 9.53 Å². The van der Waals surface area contributed by atoms with Crippen LogP contribution in [-0.4, -0.2) is 76.0 Å². The Hall–Kier alpha value is -0.380. The summed E-state index contributed by atoms with van der Waals surface area (Å²) in [5.41, 5.74) is -0.640. The second kappa shape index (κ2) is 9.62. The summed E-state index contributed by atoms with van der Waals surface area (Å²) in [7, 11) is 0. The number of aliphatic hydroxyl groups excluding tert-OH is 3. The summed E-state index contributed by atoms with van der Waals surface area (Å²) in [4.78, 5) is 12.9. The molecular weight excluding hydrogens is 380 g/mol. The maximum Gasteiger partial charge on any atom is 0.237 e. The summed E-state index contributed by atoms with van der Waals surface area (Å²) in [6, 6.07) is -0.650. The van der Waals surface area contributed by atoms with E-state index in [0.717, 1.165) is 18.9 Å². The van der Waals surface area contributed by atoms with E-state index < -0.39 is 35.9 Å². The molecule has 0 aromatic heterocycles. The topological polar surface area (TPSA) is 111 Å². The van der Waals surface area contributed by atoms with Gasteiger partial charge in [-0.3, -0.25) is 4.79 Å². The van der Waals surface area contributed by atoms with Crippen LogP contribution in [0.25, 0.3) is 0 Å². The zero-order valence-corrected chi connectivity index (χ0v) is 17.9. The van der Waals surface area contributed by atoms with E-state index in [1.54, 1.807) is 6.26 Å². The van der Waals surface area contributed by atoms with Crippen LogP contribution in [0.5, 0.6) is 0 Å². The van der Waals surface area contributed by atoms with E-state index in [1.807, 2.05) is 13.8 Å². The lowest BCUT2D eigenvalue weighted by Crippen LogP contribution is -2.67. The Bertz CT molecular complexity index is 531. The zero-order valence-electron chi connectivity index (χ0n) is 17.1. The first-order valence-corrected chi connectivity index (χ1v) is 11.9. The number of carbonyl (C=O) groups is 1. The number of amides is 1. The van der Waals surface area contributed by atoms with E-state index in [-0.39, 0.29) is 17.9 Å². The molecule has 3 aliphatic rings. The van der Waals surface area contributed by atoms with Crippen LogP contribution < -0.4 is 10.6 Å². The number of hydrogen-bond acceptors (Lipinski definition) is 7. The molecule has 0 bridgehead atoms. The summed E-state index contributed by atoms with van der Waals surface area (Å²) in [6.45, 7) is 4.78. The van der Waals surface area contributed by atoms with Gasteiger partial charge in [0.05, 0.1) is 12.1 Å². The third-order valence-electron chi connectivity index (χ3n) is 6.74. The molecule has 1 amide bonds. The summed E-state index contributed by atoms with van der Waals surface area (Å²) < 4.78 is 5.88. The molecule has 0 aromatic carbocycles. The molecule has 8 heteroatoms. The number of ether oxygens (including phenoxy) is 1. The van der Waals surface area contributed by atoms with Crippen molar-refractivity contribution in [2.24, 2.45) is 17.8 Å². The monoisotopic (exact) mass is 416 g/mol. The SMILES string of the molecule is CS[C@H]1OC([C@H](NC(=O)C2NC[C@@H]2CCC2CCC2)C(C)C)[C@H](O)C(O)[C@H]1O. The molecule has 0 spiro atoms. The minimum absolute atomic E-state index is 0.00190. The Kier molecular flexibility index (Phi) is 7.66. The lowest BCUT2D eigenvalue weighted by Gasteiger charge is -2.45. The number of thioether (sulfide) groups is 1. The molecular formula is C20H36N2O5S. The minimum Gasteiger partial charge on any atom is -0.388 e. The molecule has 2 saturated heterocycles. The summed E-state index contributed by atoms with van der Waals surface area (Å²) in [5, 5.41) is 37.1. The van der Waals surface area contributed by atoms with Gasteiger partial charge in [-0.25, -0.2) is 0 Å².